The number of likely N-dealkylation sites (N-methyl/N-ethyl adjacent to an activating group) is 1. The summed E-state index contributed by atoms with van der Waals surface area (Å²) in [6.45, 7) is 5.58. The summed E-state index contributed by atoms with van der Waals surface area (Å²) in [5.74, 6) is 2.84. The zero-order valence-electron chi connectivity index (χ0n) is 19.7. The van der Waals surface area contributed by atoms with Crippen LogP contribution in [-0.2, 0) is 11.8 Å². The fraction of sp³-hybridized carbons (Fsp3) is 0.480. The molecule has 0 aromatic heterocycles. The number of benzene rings is 2. The van der Waals surface area contributed by atoms with Crippen molar-refractivity contribution >= 4 is 0 Å². The van der Waals surface area contributed by atoms with Crippen LogP contribution >= 0.6 is 0 Å². The van der Waals surface area contributed by atoms with Gasteiger partial charge in [-0.05, 0) is 54.8 Å². The second-order valence-corrected chi connectivity index (χ2v) is 7.98. The maximum atomic E-state index is 10.3. The van der Waals surface area contributed by atoms with Gasteiger partial charge in [0.05, 0.1) is 39.9 Å². The van der Waals surface area contributed by atoms with Crippen molar-refractivity contribution < 1.29 is 18.9 Å². The van der Waals surface area contributed by atoms with Gasteiger partial charge >= 0.3 is 0 Å². The Morgan fingerprint density at radius 1 is 0.871 bits per heavy atom. The molecular formula is C25H34N2O4. The van der Waals surface area contributed by atoms with E-state index in [0.29, 0.717) is 18.0 Å². The molecule has 2 rings (SSSR count). The summed E-state index contributed by atoms with van der Waals surface area (Å²) < 4.78 is 21.6. The van der Waals surface area contributed by atoms with E-state index in [1.807, 2.05) is 36.4 Å². The molecule has 6 heteroatoms. The van der Waals surface area contributed by atoms with Gasteiger partial charge in [0.2, 0.25) is 0 Å². The molecule has 1 atom stereocenters. The molecule has 2 aromatic carbocycles. The summed E-state index contributed by atoms with van der Waals surface area (Å²) >= 11 is 0. The molecule has 0 aliphatic rings. The molecule has 0 heterocycles. The number of hydrogen-bond donors (Lipinski definition) is 0. The van der Waals surface area contributed by atoms with E-state index in [-0.39, 0.29) is 5.92 Å². The Bertz CT molecular complexity index is 907. The van der Waals surface area contributed by atoms with Crippen molar-refractivity contribution in [3.05, 3.63) is 47.5 Å². The quantitative estimate of drug-likeness (QED) is 0.533. The minimum absolute atomic E-state index is 0.110. The molecule has 168 valence electrons. The second-order valence-electron chi connectivity index (χ2n) is 7.98. The number of nitriles is 1. The van der Waals surface area contributed by atoms with E-state index in [0.717, 1.165) is 35.6 Å². The summed E-state index contributed by atoms with van der Waals surface area (Å²) in [4.78, 5) is 2.20. The smallest absolute Gasteiger partial charge is 0.161 e. The van der Waals surface area contributed by atoms with E-state index in [1.54, 1.807) is 28.4 Å². The number of ether oxygens (including phenoxy) is 4. The predicted octanol–water partition coefficient (Wildman–Crippen LogP) is 4.31. The first-order valence-electron chi connectivity index (χ1n) is 10.4. The van der Waals surface area contributed by atoms with Crippen molar-refractivity contribution in [2.75, 3.05) is 48.6 Å². The molecular weight excluding hydrogens is 392 g/mol. The van der Waals surface area contributed by atoms with Crippen LogP contribution in [0.3, 0.4) is 0 Å². The van der Waals surface area contributed by atoms with E-state index in [1.165, 1.54) is 0 Å². The highest BCUT2D eigenvalue weighted by Crippen LogP contribution is 2.38. The zero-order chi connectivity index (χ0) is 23.0. The monoisotopic (exact) mass is 426 g/mol. The van der Waals surface area contributed by atoms with Crippen LogP contribution < -0.4 is 18.9 Å². The standard InChI is InChI=1S/C25H34N2O4/c1-18(2)25(16-26,20-9-11-22(29-5)24(15-20)31-7)17-27(3)13-12-19-8-10-21(28-4)23(14-19)30-6/h8-11,14-15,18H,12-13,17H2,1-7H3. The van der Waals surface area contributed by atoms with Gasteiger partial charge in [0.15, 0.2) is 23.0 Å². The normalized spacial score (nSPS) is 12.9. The molecule has 0 saturated carbocycles. The highest BCUT2D eigenvalue weighted by atomic mass is 16.5. The summed E-state index contributed by atoms with van der Waals surface area (Å²) in [7, 11) is 8.55. The van der Waals surface area contributed by atoms with Gasteiger partial charge in [-0.2, -0.15) is 5.26 Å². The Labute approximate surface area is 186 Å². The summed E-state index contributed by atoms with van der Waals surface area (Å²) in [5.41, 5.74) is 1.41. The van der Waals surface area contributed by atoms with Crippen LogP contribution in [0.25, 0.3) is 0 Å². The van der Waals surface area contributed by atoms with E-state index < -0.39 is 5.41 Å². The molecule has 1 unspecified atom stereocenters. The van der Waals surface area contributed by atoms with Gasteiger partial charge in [0.1, 0.15) is 0 Å². The van der Waals surface area contributed by atoms with Crippen molar-refractivity contribution in [1.29, 1.82) is 5.26 Å². The van der Waals surface area contributed by atoms with Gasteiger partial charge in [-0.15, -0.1) is 0 Å². The predicted molar refractivity (Wildman–Crippen MR) is 122 cm³/mol. The fourth-order valence-electron chi connectivity index (χ4n) is 3.81. The van der Waals surface area contributed by atoms with Crippen molar-refractivity contribution in [3.8, 4) is 29.1 Å². The van der Waals surface area contributed by atoms with Crippen LogP contribution in [0.1, 0.15) is 25.0 Å². The maximum absolute atomic E-state index is 10.3. The highest BCUT2D eigenvalue weighted by molar-refractivity contribution is 5.48. The summed E-state index contributed by atoms with van der Waals surface area (Å²) in [6, 6.07) is 14.3. The Kier molecular flexibility index (Phi) is 8.58. The van der Waals surface area contributed by atoms with Gasteiger partial charge in [0, 0.05) is 13.1 Å². The fourth-order valence-corrected chi connectivity index (χ4v) is 3.81. The lowest BCUT2D eigenvalue weighted by Crippen LogP contribution is -2.43. The van der Waals surface area contributed by atoms with Crippen LogP contribution in [0.2, 0.25) is 0 Å². The maximum Gasteiger partial charge on any atom is 0.161 e. The highest BCUT2D eigenvalue weighted by Gasteiger charge is 2.38. The molecule has 0 spiro atoms. The molecule has 31 heavy (non-hydrogen) atoms. The lowest BCUT2D eigenvalue weighted by atomic mass is 9.72. The molecule has 0 aliphatic carbocycles. The zero-order valence-corrected chi connectivity index (χ0v) is 19.7. The van der Waals surface area contributed by atoms with E-state index in [9.17, 15) is 5.26 Å². The van der Waals surface area contributed by atoms with Crippen molar-refractivity contribution in [2.45, 2.75) is 25.7 Å². The van der Waals surface area contributed by atoms with Crippen molar-refractivity contribution in [3.63, 3.8) is 0 Å². The average Bonchev–Trinajstić information content (AvgIpc) is 2.80. The van der Waals surface area contributed by atoms with E-state index in [2.05, 4.69) is 31.9 Å². The molecule has 0 fully saturated rings. The first kappa shape index (κ1) is 24.4. The van der Waals surface area contributed by atoms with Gasteiger partial charge in [-0.1, -0.05) is 26.0 Å². The first-order chi connectivity index (χ1) is 14.8. The van der Waals surface area contributed by atoms with Gasteiger partial charge < -0.3 is 23.8 Å². The minimum Gasteiger partial charge on any atom is -0.493 e. The number of hydrogen-bond acceptors (Lipinski definition) is 6. The Morgan fingerprint density at radius 2 is 1.42 bits per heavy atom. The molecule has 0 saturated heterocycles. The second kappa shape index (κ2) is 10.9. The molecule has 0 radical (unpaired) electrons. The topological polar surface area (TPSA) is 64.0 Å². The lowest BCUT2D eigenvalue weighted by molar-refractivity contribution is 0.240. The minimum atomic E-state index is -0.675. The van der Waals surface area contributed by atoms with Gasteiger partial charge in [-0.25, -0.2) is 0 Å². The van der Waals surface area contributed by atoms with Crippen LogP contribution in [0.15, 0.2) is 36.4 Å². The van der Waals surface area contributed by atoms with Gasteiger partial charge in [-0.3, -0.25) is 0 Å². The SMILES string of the molecule is COc1ccc(CCN(C)CC(C#N)(c2ccc(OC)c(OC)c2)C(C)C)cc1OC. The average molecular weight is 427 g/mol. The third kappa shape index (κ3) is 5.42. The van der Waals surface area contributed by atoms with Crippen molar-refractivity contribution in [1.82, 2.24) is 4.90 Å². The molecule has 0 amide bonds. The van der Waals surface area contributed by atoms with Crippen LogP contribution in [0.4, 0.5) is 0 Å². The third-order valence-electron chi connectivity index (χ3n) is 5.83. The van der Waals surface area contributed by atoms with E-state index in [4.69, 9.17) is 18.9 Å². The molecule has 2 aromatic rings. The van der Waals surface area contributed by atoms with E-state index >= 15 is 0 Å². The number of nitrogens with zero attached hydrogens (tertiary/aromatic N) is 2. The number of methoxy groups -OCH3 is 4. The molecule has 0 aliphatic heterocycles. The number of rotatable bonds is 11. The first-order valence-corrected chi connectivity index (χ1v) is 10.4. The van der Waals surface area contributed by atoms with Crippen LogP contribution in [0.5, 0.6) is 23.0 Å². The van der Waals surface area contributed by atoms with Gasteiger partial charge in [0.25, 0.3) is 0 Å². The summed E-state index contributed by atoms with van der Waals surface area (Å²) in [6.07, 6.45) is 0.836. The Hall–Kier alpha value is -2.91. The third-order valence-corrected chi connectivity index (χ3v) is 5.83. The molecule has 0 N–H and O–H groups in total. The summed E-state index contributed by atoms with van der Waals surface area (Å²) in [5, 5.41) is 10.3. The lowest BCUT2D eigenvalue weighted by Gasteiger charge is -2.35. The van der Waals surface area contributed by atoms with Crippen molar-refractivity contribution in [2.24, 2.45) is 5.92 Å². The van der Waals surface area contributed by atoms with Crippen LogP contribution in [-0.4, -0.2) is 53.5 Å². The van der Waals surface area contributed by atoms with Crippen LogP contribution in [0, 0.1) is 17.2 Å². The largest absolute Gasteiger partial charge is 0.493 e. The Balaban J connectivity index is 2.22. The molecule has 6 nitrogen and oxygen atoms in total. The molecule has 0 bridgehead atoms. The Morgan fingerprint density at radius 3 is 1.94 bits per heavy atom.